The van der Waals surface area contributed by atoms with E-state index in [1.165, 1.54) is 0 Å². The summed E-state index contributed by atoms with van der Waals surface area (Å²) in [7, 11) is 1.68. The van der Waals surface area contributed by atoms with Crippen molar-refractivity contribution in [2.24, 2.45) is 0 Å². The predicted octanol–water partition coefficient (Wildman–Crippen LogP) is 3.86. The highest BCUT2D eigenvalue weighted by Crippen LogP contribution is 2.33. The number of imidazole rings is 1. The van der Waals surface area contributed by atoms with Gasteiger partial charge in [0.1, 0.15) is 5.75 Å². The van der Waals surface area contributed by atoms with Gasteiger partial charge in [-0.15, -0.1) is 0 Å². The summed E-state index contributed by atoms with van der Waals surface area (Å²) < 4.78 is 13.6. The predicted molar refractivity (Wildman–Crippen MR) is 120 cm³/mol. The molecule has 0 spiro atoms. The van der Waals surface area contributed by atoms with Gasteiger partial charge in [-0.2, -0.15) is 0 Å². The quantitative estimate of drug-likeness (QED) is 0.535. The average Bonchev–Trinajstić information content (AvgIpc) is 3.50. The molecule has 162 valence electrons. The summed E-state index contributed by atoms with van der Waals surface area (Å²) in [6, 6.07) is 16.3. The molecule has 6 heteroatoms. The Morgan fingerprint density at radius 3 is 2.94 bits per heavy atom. The Hall–Kier alpha value is -3.12. The standard InChI is InChI=1S/C25H29N3O3/c1-30-23-10-3-2-9-22(23)21-8-4-7-20(17-21)18-25(11-5-16-31-25)24(29)27-12-6-14-28-15-13-26-19-28/h2-4,7-10,13,15,17,19H,5-6,11-12,14,16,18H2,1H3,(H,27,29). The van der Waals surface area contributed by atoms with E-state index in [2.05, 4.69) is 28.5 Å². The summed E-state index contributed by atoms with van der Waals surface area (Å²) in [5.74, 6) is 0.820. The van der Waals surface area contributed by atoms with E-state index >= 15 is 0 Å². The van der Waals surface area contributed by atoms with Gasteiger partial charge < -0.3 is 19.4 Å². The Balaban J connectivity index is 1.44. The minimum atomic E-state index is -0.797. The van der Waals surface area contributed by atoms with Crippen molar-refractivity contribution in [1.82, 2.24) is 14.9 Å². The molecule has 0 aliphatic carbocycles. The number of aromatic nitrogens is 2. The molecule has 3 aromatic rings. The van der Waals surface area contributed by atoms with Gasteiger partial charge in [-0.3, -0.25) is 4.79 Å². The molecule has 4 rings (SSSR count). The second-order valence-electron chi connectivity index (χ2n) is 7.93. The largest absolute Gasteiger partial charge is 0.496 e. The van der Waals surface area contributed by atoms with Crippen LogP contribution in [-0.4, -0.2) is 41.3 Å². The lowest BCUT2D eigenvalue weighted by Crippen LogP contribution is -2.48. The van der Waals surface area contributed by atoms with Crippen LogP contribution in [-0.2, 0) is 22.5 Å². The molecule has 2 heterocycles. The number of hydrogen-bond acceptors (Lipinski definition) is 4. The van der Waals surface area contributed by atoms with E-state index < -0.39 is 5.60 Å². The number of carbonyl (C=O) groups is 1. The third-order valence-electron chi connectivity index (χ3n) is 5.79. The van der Waals surface area contributed by atoms with E-state index in [1.807, 2.05) is 41.1 Å². The highest BCUT2D eigenvalue weighted by atomic mass is 16.5. The lowest BCUT2D eigenvalue weighted by atomic mass is 9.89. The number of methoxy groups -OCH3 is 1. The third kappa shape index (κ3) is 4.97. The monoisotopic (exact) mass is 419 g/mol. The maximum absolute atomic E-state index is 13.1. The van der Waals surface area contributed by atoms with E-state index in [0.717, 1.165) is 48.2 Å². The fourth-order valence-electron chi connectivity index (χ4n) is 4.20. The maximum atomic E-state index is 13.1. The number of para-hydroxylation sites is 1. The molecular formula is C25H29N3O3. The topological polar surface area (TPSA) is 65.4 Å². The zero-order chi connectivity index (χ0) is 21.5. The summed E-state index contributed by atoms with van der Waals surface area (Å²) in [4.78, 5) is 17.2. The van der Waals surface area contributed by atoms with Crippen LogP contribution in [0.15, 0.2) is 67.3 Å². The van der Waals surface area contributed by atoms with Gasteiger partial charge in [0.05, 0.1) is 13.4 Å². The second-order valence-corrected chi connectivity index (χ2v) is 7.93. The molecule has 0 saturated carbocycles. The Morgan fingerprint density at radius 2 is 2.16 bits per heavy atom. The van der Waals surface area contributed by atoms with Crippen molar-refractivity contribution in [2.45, 2.75) is 37.8 Å². The van der Waals surface area contributed by atoms with Crippen LogP contribution in [0.25, 0.3) is 11.1 Å². The Kier molecular flexibility index (Phi) is 6.67. The van der Waals surface area contributed by atoms with Gasteiger partial charge in [-0.05, 0) is 36.5 Å². The molecule has 1 N–H and O–H groups in total. The van der Waals surface area contributed by atoms with Crippen molar-refractivity contribution >= 4 is 5.91 Å². The Labute approximate surface area is 183 Å². The van der Waals surface area contributed by atoms with E-state index in [-0.39, 0.29) is 5.91 Å². The van der Waals surface area contributed by atoms with Crippen molar-refractivity contribution in [3.8, 4) is 16.9 Å². The number of aryl methyl sites for hydroxylation is 1. The SMILES string of the molecule is COc1ccccc1-c1cccc(CC2(C(=O)NCCCn3ccnc3)CCCO2)c1. The zero-order valence-electron chi connectivity index (χ0n) is 17.9. The third-order valence-corrected chi connectivity index (χ3v) is 5.79. The molecule has 1 saturated heterocycles. The zero-order valence-corrected chi connectivity index (χ0v) is 17.9. The van der Waals surface area contributed by atoms with Crippen LogP contribution in [0.4, 0.5) is 0 Å². The van der Waals surface area contributed by atoms with Crippen molar-refractivity contribution in [2.75, 3.05) is 20.3 Å². The van der Waals surface area contributed by atoms with Crippen molar-refractivity contribution < 1.29 is 14.3 Å². The van der Waals surface area contributed by atoms with Crippen molar-refractivity contribution in [1.29, 1.82) is 0 Å². The number of nitrogens with zero attached hydrogens (tertiary/aromatic N) is 2. The normalized spacial score (nSPS) is 18.1. The number of ether oxygens (including phenoxy) is 2. The summed E-state index contributed by atoms with van der Waals surface area (Å²) in [5, 5.41) is 3.09. The van der Waals surface area contributed by atoms with Crippen molar-refractivity contribution in [3.63, 3.8) is 0 Å². The van der Waals surface area contributed by atoms with Crippen LogP contribution < -0.4 is 10.1 Å². The smallest absolute Gasteiger partial charge is 0.252 e. The minimum absolute atomic E-state index is 0.0154. The molecule has 31 heavy (non-hydrogen) atoms. The van der Waals surface area contributed by atoms with Crippen molar-refractivity contribution in [3.05, 3.63) is 72.8 Å². The molecule has 6 nitrogen and oxygen atoms in total. The first-order valence-corrected chi connectivity index (χ1v) is 10.8. The summed E-state index contributed by atoms with van der Waals surface area (Å²) in [6.07, 6.45) is 8.52. The van der Waals surface area contributed by atoms with Crippen LogP contribution >= 0.6 is 0 Å². The molecule has 1 fully saturated rings. The van der Waals surface area contributed by atoms with Gasteiger partial charge in [-0.1, -0.05) is 42.5 Å². The molecule has 1 aliphatic rings. The lowest BCUT2D eigenvalue weighted by Gasteiger charge is -2.27. The first-order chi connectivity index (χ1) is 15.2. The molecular weight excluding hydrogens is 390 g/mol. The van der Waals surface area contributed by atoms with Gasteiger partial charge in [-0.25, -0.2) is 4.98 Å². The van der Waals surface area contributed by atoms with Crippen LogP contribution in [0.1, 0.15) is 24.8 Å². The summed E-state index contributed by atoms with van der Waals surface area (Å²) >= 11 is 0. The molecule has 2 aromatic carbocycles. The Morgan fingerprint density at radius 1 is 1.26 bits per heavy atom. The number of nitrogens with one attached hydrogen (secondary N) is 1. The second kappa shape index (κ2) is 9.79. The highest BCUT2D eigenvalue weighted by Gasteiger charge is 2.42. The van der Waals surface area contributed by atoms with Gasteiger partial charge in [0.15, 0.2) is 5.60 Å². The van der Waals surface area contributed by atoms with E-state index in [1.54, 1.807) is 19.6 Å². The van der Waals surface area contributed by atoms with Gasteiger partial charge in [0.2, 0.25) is 0 Å². The van der Waals surface area contributed by atoms with E-state index in [0.29, 0.717) is 19.6 Å². The fraction of sp³-hybridized carbons (Fsp3) is 0.360. The number of benzene rings is 2. The number of hydrogen-bond donors (Lipinski definition) is 1. The van der Waals surface area contributed by atoms with E-state index in [4.69, 9.17) is 9.47 Å². The van der Waals surface area contributed by atoms with E-state index in [9.17, 15) is 4.79 Å². The molecule has 1 atom stereocenters. The molecule has 1 amide bonds. The number of amides is 1. The molecule has 0 bridgehead atoms. The fourth-order valence-corrected chi connectivity index (χ4v) is 4.20. The number of carbonyl (C=O) groups excluding carboxylic acids is 1. The van der Waals surface area contributed by atoms with Gasteiger partial charge in [0.25, 0.3) is 5.91 Å². The molecule has 1 unspecified atom stereocenters. The van der Waals surface area contributed by atoms with Crippen LogP contribution in [0.3, 0.4) is 0 Å². The number of rotatable bonds is 9. The first-order valence-electron chi connectivity index (χ1n) is 10.8. The molecule has 1 aromatic heterocycles. The molecule has 0 radical (unpaired) electrons. The van der Waals surface area contributed by atoms with Crippen LogP contribution in [0, 0.1) is 0 Å². The summed E-state index contributed by atoms with van der Waals surface area (Å²) in [6.45, 7) is 2.06. The average molecular weight is 420 g/mol. The Bertz CT molecular complexity index is 995. The van der Waals surface area contributed by atoms with Crippen LogP contribution in [0.5, 0.6) is 5.75 Å². The van der Waals surface area contributed by atoms with Gasteiger partial charge >= 0.3 is 0 Å². The first kappa shape index (κ1) is 21.1. The van der Waals surface area contributed by atoms with Crippen LogP contribution in [0.2, 0.25) is 0 Å². The van der Waals surface area contributed by atoms with Gasteiger partial charge in [0, 0.05) is 44.1 Å². The maximum Gasteiger partial charge on any atom is 0.252 e. The summed E-state index contributed by atoms with van der Waals surface area (Å²) in [5.41, 5.74) is 2.40. The lowest BCUT2D eigenvalue weighted by molar-refractivity contribution is -0.141. The minimum Gasteiger partial charge on any atom is -0.496 e. The molecule has 1 aliphatic heterocycles. The highest BCUT2D eigenvalue weighted by molar-refractivity contribution is 5.86.